The first-order valence-electron chi connectivity index (χ1n) is 6.62. The van der Waals surface area contributed by atoms with Crippen molar-refractivity contribution in [3.05, 3.63) is 35.4 Å². The number of carbonyl (C=O) groups excluding carboxylic acids is 1. The Labute approximate surface area is 123 Å². The van der Waals surface area contributed by atoms with Crippen LogP contribution < -0.4 is 5.32 Å². The van der Waals surface area contributed by atoms with Crippen LogP contribution in [0.5, 0.6) is 0 Å². The lowest BCUT2D eigenvalue weighted by molar-refractivity contribution is -0.138. The number of alkyl carbamates (subject to hydrolysis) is 1. The van der Waals surface area contributed by atoms with Gasteiger partial charge >= 0.3 is 12.1 Å². The zero-order valence-corrected chi connectivity index (χ0v) is 12.4. The predicted molar refractivity (Wildman–Crippen MR) is 77.0 cm³/mol. The molecule has 21 heavy (non-hydrogen) atoms. The molecule has 0 aromatic heterocycles. The van der Waals surface area contributed by atoms with E-state index in [-0.39, 0.29) is 13.2 Å². The summed E-state index contributed by atoms with van der Waals surface area (Å²) in [6.07, 6.45) is -0.660. The molecule has 1 aromatic rings. The highest BCUT2D eigenvalue weighted by Crippen LogP contribution is 2.17. The second kappa shape index (κ2) is 7.08. The number of ether oxygens (including phenoxy) is 1. The molecule has 0 aliphatic rings. The fourth-order valence-electron chi connectivity index (χ4n) is 1.76. The van der Waals surface area contributed by atoms with Crippen LogP contribution in [0.25, 0.3) is 0 Å². The van der Waals surface area contributed by atoms with Crippen LogP contribution >= 0.6 is 0 Å². The van der Waals surface area contributed by atoms with Crippen LogP contribution in [-0.4, -0.2) is 34.4 Å². The first-order valence-corrected chi connectivity index (χ1v) is 6.62. The van der Waals surface area contributed by atoms with Gasteiger partial charge in [-0.25, -0.2) is 4.79 Å². The van der Waals surface area contributed by atoms with E-state index in [1.807, 2.05) is 0 Å². The predicted octanol–water partition coefficient (Wildman–Crippen LogP) is 1.87. The van der Waals surface area contributed by atoms with Crippen molar-refractivity contribution in [3.8, 4) is 0 Å². The van der Waals surface area contributed by atoms with E-state index in [0.29, 0.717) is 11.1 Å². The van der Waals surface area contributed by atoms with Gasteiger partial charge in [-0.15, -0.1) is 0 Å². The first kappa shape index (κ1) is 17.0. The number of benzene rings is 1. The van der Waals surface area contributed by atoms with Crippen LogP contribution in [0.4, 0.5) is 4.79 Å². The summed E-state index contributed by atoms with van der Waals surface area (Å²) in [5.74, 6) is -1.95. The second-order valence-electron chi connectivity index (χ2n) is 5.68. The quantitative estimate of drug-likeness (QED) is 0.770. The van der Waals surface area contributed by atoms with Crippen molar-refractivity contribution in [2.45, 2.75) is 38.9 Å². The van der Waals surface area contributed by atoms with Gasteiger partial charge in [-0.1, -0.05) is 24.3 Å². The number of hydrogen-bond acceptors (Lipinski definition) is 4. The maximum absolute atomic E-state index is 11.6. The molecule has 0 fully saturated rings. The number of hydrogen-bond donors (Lipinski definition) is 3. The van der Waals surface area contributed by atoms with Crippen LogP contribution in [0.2, 0.25) is 0 Å². The largest absolute Gasteiger partial charge is 0.481 e. The standard InChI is InChI=1S/C15H21NO5/c1-15(2,3)21-14(20)16-8-12(13(18)19)11-6-4-5-10(7-11)9-17/h4-7,12,17H,8-9H2,1-3H3,(H,16,20)(H,18,19). The fraction of sp³-hybridized carbons (Fsp3) is 0.467. The minimum absolute atomic E-state index is 0.0842. The van der Waals surface area contributed by atoms with Gasteiger partial charge in [0, 0.05) is 6.54 Å². The van der Waals surface area contributed by atoms with Gasteiger partial charge in [0.1, 0.15) is 5.60 Å². The van der Waals surface area contributed by atoms with Crippen molar-refractivity contribution in [2.24, 2.45) is 0 Å². The smallest absolute Gasteiger partial charge is 0.407 e. The molecule has 116 valence electrons. The molecule has 1 atom stereocenters. The number of aliphatic carboxylic acids is 1. The van der Waals surface area contributed by atoms with E-state index in [1.54, 1.807) is 45.0 Å². The summed E-state index contributed by atoms with van der Waals surface area (Å²) in [4.78, 5) is 22.9. The van der Waals surface area contributed by atoms with E-state index in [0.717, 1.165) is 0 Å². The molecule has 1 unspecified atom stereocenters. The van der Waals surface area contributed by atoms with Crippen molar-refractivity contribution in [2.75, 3.05) is 6.54 Å². The van der Waals surface area contributed by atoms with Gasteiger partial charge in [-0.3, -0.25) is 4.79 Å². The van der Waals surface area contributed by atoms with Crippen molar-refractivity contribution in [1.29, 1.82) is 0 Å². The molecular formula is C15H21NO5. The molecule has 0 aliphatic heterocycles. The van der Waals surface area contributed by atoms with E-state index in [4.69, 9.17) is 9.84 Å². The summed E-state index contributed by atoms with van der Waals surface area (Å²) >= 11 is 0. The number of amides is 1. The molecule has 0 heterocycles. The number of nitrogens with one attached hydrogen (secondary N) is 1. The highest BCUT2D eigenvalue weighted by molar-refractivity contribution is 5.77. The molecule has 6 heteroatoms. The van der Waals surface area contributed by atoms with Crippen molar-refractivity contribution in [1.82, 2.24) is 5.32 Å². The SMILES string of the molecule is CC(C)(C)OC(=O)NCC(C(=O)O)c1cccc(CO)c1. The Morgan fingerprint density at radius 3 is 2.52 bits per heavy atom. The lowest BCUT2D eigenvalue weighted by atomic mass is 9.97. The van der Waals surface area contributed by atoms with Gasteiger partial charge in [0.15, 0.2) is 0 Å². The molecule has 1 amide bonds. The van der Waals surface area contributed by atoms with Crippen LogP contribution in [0.15, 0.2) is 24.3 Å². The lowest BCUT2D eigenvalue weighted by Gasteiger charge is -2.21. The van der Waals surface area contributed by atoms with Gasteiger partial charge < -0.3 is 20.3 Å². The second-order valence-corrected chi connectivity index (χ2v) is 5.68. The summed E-state index contributed by atoms with van der Waals surface area (Å²) < 4.78 is 5.07. The minimum Gasteiger partial charge on any atom is -0.481 e. The summed E-state index contributed by atoms with van der Waals surface area (Å²) in [5, 5.41) is 20.8. The van der Waals surface area contributed by atoms with E-state index in [2.05, 4.69) is 5.32 Å². The minimum atomic E-state index is -1.05. The highest BCUT2D eigenvalue weighted by Gasteiger charge is 2.23. The summed E-state index contributed by atoms with van der Waals surface area (Å²) in [6.45, 7) is 4.93. The topological polar surface area (TPSA) is 95.9 Å². The van der Waals surface area contributed by atoms with Crippen molar-refractivity contribution < 1.29 is 24.5 Å². The number of aliphatic hydroxyl groups is 1. The van der Waals surface area contributed by atoms with E-state index in [1.165, 1.54) is 0 Å². The van der Waals surface area contributed by atoms with Gasteiger partial charge in [0.05, 0.1) is 12.5 Å². The Morgan fingerprint density at radius 2 is 2.00 bits per heavy atom. The Balaban J connectivity index is 2.74. The number of rotatable bonds is 5. The maximum atomic E-state index is 11.6. The molecule has 3 N–H and O–H groups in total. The molecule has 0 bridgehead atoms. The van der Waals surface area contributed by atoms with Gasteiger partial charge in [-0.05, 0) is 31.9 Å². The van der Waals surface area contributed by atoms with Crippen LogP contribution in [0.1, 0.15) is 37.8 Å². The molecule has 0 saturated heterocycles. The summed E-state index contributed by atoms with van der Waals surface area (Å²) in [5.41, 5.74) is 0.501. The van der Waals surface area contributed by atoms with Crippen molar-refractivity contribution >= 4 is 12.1 Å². The average Bonchev–Trinajstić information content (AvgIpc) is 2.36. The zero-order valence-electron chi connectivity index (χ0n) is 12.4. The van der Waals surface area contributed by atoms with E-state index < -0.39 is 23.6 Å². The third-order valence-corrected chi connectivity index (χ3v) is 2.68. The van der Waals surface area contributed by atoms with Crippen LogP contribution in [-0.2, 0) is 16.1 Å². The van der Waals surface area contributed by atoms with Gasteiger partial charge in [0.25, 0.3) is 0 Å². The molecule has 1 aromatic carbocycles. The Hall–Kier alpha value is -2.08. The Bertz CT molecular complexity index is 507. The lowest BCUT2D eigenvalue weighted by Crippen LogP contribution is -2.36. The summed E-state index contributed by atoms with van der Waals surface area (Å²) in [6, 6.07) is 6.62. The van der Waals surface area contributed by atoms with Crippen LogP contribution in [0.3, 0.4) is 0 Å². The van der Waals surface area contributed by atoms with Gasteiger partial charge in [0.2, 0.25) is 0 Å². The molecule has 1 rings (SSSR count). The van der Waals surface area contributed by atoms with E-state index in [9.17, 15) is 14.7 Å². The normalized spacial score (nSPS) is 12.6. The fourth-order valence-corrected chi connectivity index (χ4v) is 1.76. The third kappa shape index (κ3) is 5.83. The van der Waals surface area contributed by atoms with E-state index >= 15 is 0 Å². The first-order chi connectivity index (χ1) is 9.73. The number of carboxylic acid groups (broad SMARTS) is 1. The number of carboxylic acids is 1. The molecular weight excluding hydrogens is 274 g/mol. The molecule has 0 spiro atoms. The monoisotopic (exact) mass is 295 g/mol. The maximum Gasteiger partial charge on any atom is 0.407 e. The number of aliphatic hydroxyl groups excluding tert-OH is 1. The van der Waals surface area contributed by atoms with Crippen molar-refractivity contribution in [3.63, 3.8) is 0 Å². The number of carbonyl (C=O) groups is 2. The molecule has 6 nitrogen and oxygen atoms in total. The van der Waals surface area contributed by atoms with Gasteiger partial charge in [-0.2, -0.15) is 0 Å². The third-order valence-electron chi connectivity index (χ3n) is 2.68. The highest BCUT2D eigenvalue weighted by atomic mass is 16.6. The molecule has 0 radical (unpaired) electrons. The zero-order chi connectivity index (χ0) is 16.0. The Kier molecular flexibility index (Phi) is 5.72. The molecule has 0 saturated carbocycles. The Morgan fingerprint density at radius 1 is 1.33 bits per heavy atom. The van der Waals surface area contributed by atoms with Crippen LogP contribution in [0, 0.1) is 0 Å². The summed E-state index contributed by atoms with van der Waals surface area (Å²) in [7, 11) is 0. The molecule has 0 aliphatic carbocycles. The average molecular weight is 295 g/mol.